The molecular weight excluding hydrogens is 208 g/mol. The van der Waals surface area contributed by atoms with Gasteiger partial charge in [-0.2, -0.15) is 0 Å². The molecule has 0 aliphatic carbocycles. The summed E-state index contributed by atoms with van der Waals surface area (Å²) in [7, 11) is 0. The van der Waals surface area contributed by atoms with E-state index >= 15 is 0 Å². The van der Waals surface area contributed by atoms with Crippen molar-refractivity contribution in [2.75, 3.05) is 6.54 Å². The van der Waals surface area contributed by atoms with Gasteiger partial charge in [-0.15, -0.1) is 0 Å². The molecule has 1 atom stereocenters. The van der Waals surface area contributed by atoms with Crippen molar-refractivity contribution in [3.05, 3.63) is 35.9 Å². The fourth-order valence-electron chi connectivity index (χ4n) is 1.43. The van der Waals surface area contributed by atoms with Crippen molar-refractivity contribution in [2.45, 2.75) is 13.0 Å². The number of furan rings is 1. The summed E-state index contributed by atoms with van der Waals surface area (Å²) >= 11 is 0. The summed E-state index contributed by atoms with van der Waals surface area (Å²) in [6, 6.07) is 3.26. The second-order valence-corrected chi connectivity index (χ2v) is 3.65. The molecule has 2 heterocycles. The van der Waals surface area contributed by atoms with Gasteiger partial charge in [-0.25, -0.2) is 0 Å². The molecule has 0 saturated carbocycles. The van der Waals surface area contributed by atoms with E-state index in [-0.39, 0.29) is 29.2 Å². The van der Waals surface area contributed by atoms with Crippen LogP contribution in [0.4, 0.5) is 0 Å². The van der Waals surface area contributed by atoms with Gasteiger partial charge in [0.05, 0.1) is 6.26 Å². The van der Waals surface area contributed by atoms with Crippen LogP contribution in [0.3, 0.4) is 0 Å². The van der Waals surface area contributed by atoms with Gasteiger partial charge in [0, 0.05) is 18.7 Å². The first-order valence-corrected chi connectivity index (χ1v) is 5.01. The second-order valence-electron chi connectivity index (χ2n) is 3.65. The van der Waals surface area contributed by atoms with Gasteiger partial charge in [-0.1, -0.05) is 0 Å². The van der Waals surface area contributed by atoms with E-state index in [9.17, 15) is 9.59 Å². The van der Waals surface area contributed by atoms with Crippen LogP contribution in [0, 0.1) is 0 Å². The predicted octanol–water partition coefficient (Wildman–Crippen LogP) is 0.454. The lowest BCUT2D eigenvalue weighted by atomic mass is 10.2. The maximum atomic E-state index is 11.6. The highest BCUT2D eigenvalue weighted by molar-refractivity contribution is 6.08. The Morgan fingerprint density at radius 2 is 2.44 bits per heavy atom. The van der Waals surface area contributed by atoms with E-state index < -0.39 is 0 Å². The molecule has 5 nitrogen and oxygen atoms in total. The number of ketones is 1. The van der Waals surface area contributed by atoms with Crippen LogP contribution < -0.4 is 10.6 Å². The molecule has 0 aromatic carbocycles. The van der Waals surface area contributed by atoms with Crippen molar-refractivity contribution < 1.29 is 14.0 Å². The molecule has 2 N–H and O–H groups in total. The molecular formula is C11H12N2O3. The third kappa shape index (κ3) is 2.13. The van der Waals surface area contributed by atoms with Crippen molar-refractivity contribution in [1.29, 1.82) is 0 Å². The van der Waals surface area contributed by atoms with Crippen LogP contribution in [-0.2, 0) is 4.79 Å². The number of nitrogens with one attached hydrogen (secondary N) is 2. The van der Waals surface area contributed by atoms with Gasteiger partial charge in [0.1, 0.15) is 5.70 Å². The average Bonchev–Trinajstić information content (AvgIpc) is 2.75. The summed E-state index contributed by atoms with van der Waals surface area (Å²) in [5.41, 5.74) is 0.277. The molecule has 0 radical (unpaired) electrons. The van der Waals surface area contributed by atoms with Crippen LogP contribution in [0.2, 0.25) is 0 Å². The molecule has 16 heavy (non-hydrogen) atoms. The Labute approximate surface area is 92.5 Å². The van der Waals surface area contributed by atoms with Gasteiger partial charge in [0.2, 0.25) is 5.78 Å². The van der Waals surface area contributed by atoms with Crippen molar-refractivity contribution in [3.63, 3.8) is 0 Å². The molecule has 1 aromatic heterocycles. The predicted molar refractivity (Wildman–Crippen MR) is 56.7 cm³/mol. The Morgan fingerprint density at radius 1 is 1.62 bits per heavy atom. The highest BCUT2D eigenvalue weighted by Gasteiger charge is 2.20. The summed E-state index contributed by atoms with van der Waals surface area (Å²) < 4.78 is 4.94. The summed E-state index contributed by atoms with van der Waals surface area (Å²) in [6.45, 7) is 2.50. The minimum absolute atomic E-state index is 0.0726. The Balaban J connectivity index is 2.13. The Kier molecular flexibility index (Phi) is 2.76. The van der Waals surface area contributed by atoms with E-state index in [2.05, 4.69) is 10.6 Å². The molecule has 1 unspecified atom stereocenters. The molecule has 1 aliphatic heterocycles. The quantitative estimate of drug-likeness (QED) is 0.561. The number of carbonyl (C=O) groups is 2. The molecule has 1 saturated heterocycles. The molecule has 1 amide bonds. The third-order valence-electron chi connectivity index (χ3n) is 2.26. The van der Waals surface area contributed by atoms with Crippen molar-refractivity contribution in [3.8, 4) is 0 Å². The topological polar surface area (TPSA) is 71.3 Å². The molecule has 1 aliphatic rings. The van der Waals surface area contributed by atoms with E-state index in [0.29, 0.717) is 6.54 Å². The largest absolute Gasteiger partial charge is 0.461 e. The molecule has 0 spiro atoms. The van der Waals surface area contributed by atoms with Crippen LogP contribution >= 0.6 is 0 Å². The van der Waals surface area contributed by atoms with Crippen LogP contribution in [0.15, 0.2) is 34.6 Å². The van der Waals surface area contributed by atoms with E-state index in [0.717, 1.165) is 0 Å². The minimum Gasteiger partial charge on any atom is -0.461 e. The number of carbonyl (C=O) groups excluding carboxylic acids is 2. The summed E-state index contributed by atoms with van der Waals surface area (Å²) in [4.78, 5) is 23.1. The smallest absolute Gasteiger partial charge is 0.267 e. The van der Waals surface area contributed by atoms with Gasteiger partial charge in [-0.05, 0) is 19.1 Å². The number of rotatable bonds is 2. The summed E-state index contributed by atoms with van der Waals surface area (Å²) in [5.74, 6) is -0.364. The average molecular weight is 220 g/mol. The first-order chi connectivity index (χ1) is 7.66. The lowest BCUT2D eigenvalue weighted by Crippen LogP contribution is -2.49. The molecule has 2 rings (SSSR count). The maximum absolute atomic E-state index is 11.6. The standard InChI is InChI=1S/C11H12N2O3/c1-7-6-12-8(11(15)13-7)5-9(14)10-3-2-4-16-10/h2-5,7,12H,6H2,1H3,(H,13,15). The number of piperazine rings is 1. The first-order valence-electron chi connectivity index (χ1n) is 5.01. The SMILES string of the molecule is CC1CNC(=CC(=O)c2ccco2)C(=O)N1. The van der Waals surface area contributed by atoms with Crippen LogP contribution in [0.25, 0.3) is 0 Å². The van der Waals surface area contributed by atoms with Crippen molar-refractivity contribution in [2.24, 2.45) is 0 Å². The van der Waals surface area contributed by atoms with Gasteiger partial charge in [-0.3, -0.25) is 9.59 Å². The summed E-state index contributed by atoms with van der Waals surface area (Å²) in [6.07, 6.45) is 2.67. The zero-order valence-corrected chi connectivity index (χ0v) is 8.82. The molecule has 5 heteroatoms. The number of allylic oxidation sites excluding steroid dienone is 1. The number of amides is 1. The molecule has 1 fully saturated rings. The fourth-order valence-corrected chi connectivity index (χ4v) is 1.43. The molecule has 1 aromatic rings. The van der Waals surface area contributed by atoms with Gasteiger partial charge in [0.15, 0.2) is 5.76 Å². The fraction of sp³-hybridized carbons (Fsp3) is 0.273. The lowest BCUT2D eigenvalue weighted by Gasteiger charge is -2.23. The molecule has 0 bridgehead atoms. The van der Waals surface area contributed by atoms with E-state index in [1.54, 1.807) is 12.1 Å². The highest BCUT2D eigenvalue weighted by Crippen LogP contribution is 2.05. The lowest BCUT2D eigenvalue weighted by molar-refractivity contribution is -0.119. The van der Waals surface area contributed by atoms with Gasteiger partial charge < -0.3 is 15.1 Å². The number of hydrogen-bond acceptors (Lipinski definition) is 4. The van der Waals surface area contributed by atoms with E-state index in [4.69, 9.17) is 4.42 Å². The first kappa shape index (κ1) is 10.5. The monoisotopic (exact) mass is 220 g/mol. The number of hydrogen-bond donors (Lipinski definition) is 2. The Morgan fingerprint density at radius 3 is 3.06 bits per heavy atom. The van der Waals surface area contributed by atoms with Crippen molar-refractivity contribution in [1.82, 2.24) is 10.6 Å². The van der Waals surface area contributed by atoms with E-state index in [1.807, 2.05) is 6.92 Å². The highest BCUT2D eigenvalue weighted by atomic mass is 16.3. The maximum Gasteiger partial charge on any atom is 0.267 e. The third-order valence-corrected chi connectivity index (χ3v) is 2.26. The Hall–Kier alpha value is -2.04. The van der Waals surface area contributed by atoms with Crippen LogP contribution in [0.1, 0.15) is 17.5 Å². The second kappa shape index (κ2) is 4.22. The normalized spacial score (nSPS) is 22.7. The zero-order valence-electron chi connectivity index (χ0n) is 8.82. The summed E-state index contributed by atoms with van der Waals surface area (Å²) in [5, 5.41) is 5.63. The van der Waals surface area contributed by atoms with Crippen LogP contribution in [-0.4, -0.2) is 24.3 Å². The van der Waals surface area contributed by atoms with E-state index in [1.165, 1.54) is 12.3 Å². The Bertz CT molecular complexity index is 434. The van der Waals surface area contributed by atoms with Gasteiger partial charge >= 0.3 is 0 Å². The van der Waals surface area contributed by atoms with Gasteiger partial charge in [0.25, 0.3) is 5.91 Å². The van der Waals surface area contributed by atoms with Crippen LogP contribution in [0.5, 0.6) is 0 Å². The van der Waals surface area contributed by atoms with Crippen molar-refractivity contribution >= 4 is 11.7 Å². The zero-order chi connectivity index (χ0) is 11.5. The molecule has 84 valence electrons. The minimum atomic E-state index is -0.322.